The molecule has 0 saturated carbocycles. The Bertz CT molecular complexity index is 514. The first-order valence-electron chi connectivity index (χ1n) is 5.44. The average Bonchev–Trinajstić information content (AvgIpc) is 2.43. The smallest absolute Gasteiger partial charge is 0.370 e. The summed E-state index contributed by atoms with van der Waals surface area (Å²) in [7, 11) is 0. The first kappa shape index (κ1) is 15.3. The van der Waals surface area contributed by atoms with Gasteiger partial charge in [-0.1, -0.05) is 23.7 Å². The molecular formula is C12H12ClN3O2S. The third-order valence-corrected chi connectivity index (χ3v) is 3.08. The van der Waals surface area contributed by atoms with E-state index in [0.29, 0.717) is 11.4 Å². The zero-order valence-electron chi connectivity index (χ0n) is 10.2. The van der Waals surface area contributed by atoms with Crippen molar-refractivity contribution in [2.45, 2.75) is 11.8 Å². The standard InChI is InChI=1S/C12H12ClN3O2S/c1-2-18-12(17)11(13)16-15-9-5-3-4-6-10(9)19-8-7-14/h3-6,15H,2,8H2,1H3. The molecule has 7 heteroatoms. The van der Waals surface area contributed by atoms with Gasteiger partial charge in [0.15, 0.2) is 0 Å². The number of halogens is 1. The largest absolute Gasteiger partial charge is 0.461 e. The fraction of sp³-hybridized carbons (Fsp3) is 0.250. The summed E-state index contributed by atoms with van der Waals surface area (Å²) < 4.78 is 4.70. The Labute approximate surface area is 120 Å². The van der Waals surface area contributed by atoms with E-state index in [4.69, 9.17) is 21.6 Å². The summed E-state index contributed by atoms with van der Waals surface area (Å²) in [5.41, 5.74) is 3.36. The lowest BCUT2D eigenvalue weighted by atomic mass is 10.3. The highest BCUT2D eigenvalue weighted by Gasteiger charge is 2.09. The van der Waals surface area contributed by atoms with E-state index in [-0.39, 0.29) is 11.8 Å². The number of nitriles is 1. The van der Waals surface area contributed by atoms with Gasteiger partial charge in [0.05, 0.1) is 24.1 Å². The molecule has 0 atom stereocenters. The second-order valence-electron chi connectivity index (χ2n) is 3.18. The zero-order chi connectivity index (χ0) is 14.1. The zero-order valence-corrected chi connectivity index (χ0v) is 11.8. The van der Waals surface area contributed by atoms with E-state index in [0.717, 1.165) is 4.90 Å². The molecule has 1 rings (SSSR count). The van der Waals surface area contributed by atoms with Crippen molar-refractivity contribution in [2.75, 3.05) is 17.8 Å². The maximum atomic E-state index is 11.2. The number of hydrazone groups is 1. The molecule has 0 aliphatic carbocycles. The van der Waals surface area contributed by atoms with Crippen LogP contribution in [0, 0.1) is 11.3 Å². The summed E-state index contributed by atoms with van der Waals surface area (Å²) >= 11 is 7.04. The molecule has 0 aromatic heterocycles. The third-order valence-electron chi connectivity index (χ3n) is 1.90. The molecule has 0 saturated heterocycles. The number of nitrogens with zero attached hydrogens (tertiary/aromatic N) is 2. The van der Waals surface area contributed by atoms with E-state index in [1.165, 1.54) is 11.8 Å². The van der Waals surface area contributed by atoms with Crippen LogP contribution in [0.1, 0.15) is 6.92 Å². The van der Waals surface area contributed by atoms with Crippen molar-refractivity contribution < 1.29 is 9.53 Å². The Balaban J connectivity index is 2.74. The quantitative estimate of drug-likeness (QED) is 0.378. The number of para-hydroxylation sites is 1. The van der Waals surface area contributed by atoms with Gasteiger partial charge in [0, 0.05) is 4.90 Å². The minimum atomic E-state index is -0.682. The van der Waals surface area contributed by atoms with Gasteiger partial charge in [-0.3, -0.25) is 5.43 Å². The van der Waals surface area contributed by atoms with Crippen molar-refractivity contribution in [3.63, 3.8) is 0 Å². The van der Waals surface area contributed by atoms with Crippen LogP contribution in [0.3, 0.4) is 0 Å². The Morgan fingerprint density at radius 3 is 3.00 bits per heavy atom. The number of thioether (sulfide) groups is 1. The number of ether oxygens (including phenoxy) is 1. The number of carbonyl (C=O) groups excluding carboxylic acids is 1. The molecule has 0 amide bonds. The van der Waals surface area contributed by atoms with E-state index in [9.17, 15) is 4.79 Å². The van der Waals surface area contributed by atoms with Crippen molar-refractivity contribution in [3.8, 4) is 6.07 Å². The van der Waals surface area contributed by atoms with Crippen molar-refractivity contribution >= 4 is 40.2 Å². The minimum absolute atomic E-state index is 0.235. The van der Waals surface area contributed by atoms with Crippen molar-refractivity contribution in [3.05, 3.63) is 24.3 Å². The molecule has 0 aliphatic rings. The van der Waals surface area contributed by atoms with E-state index in [1.54, 1.807) is 13.0 Å². The van der Waals surface area contributed by atoms with Gasteiger partial charge in [0.2, 0.25) is 5.17 Å². The molecule has 100 valence electrons. The summed E-state index contributed by atoms with van der Waals surface area (Å²) in [6.07, 6.45) is 0. The highest BCUT2D eigenvalue weighted by molar-refractivity contribution is 7.99. The van der Waals surface area contributed by atoms with Crippen LogP contribution in [-0.4, -0.2) is 23.5 Å². The molecular weight excluding hydrogens is 286 g/mol. The summed E-state index contributed by atoms with van der Waals surface area (Å²) in [5, 5.41) is 12.0. The van der Waals surface area contributed by atoms with Gasteiger partial charge in [-0.05, 0) is 19.1 Å². The van der Waals surface area contributed by atoms with Crippen LogP contribution >= 0.6 is 23.4 Å². The highest BCUT2D eigenvalue weighted by atomic mass is 35.5. The number of benzene rings is 1. The van der Waals surface area contributed by atoms with Crippen molar-refractivity contribution in [1.29, 1.82) is 5.26 Å². The molecule has 0 radical (unpaired) electrons. The number of hydrogen-bond acceptors (Lipinski definition) is 6. The molecule has 0 aliphatic heterocycles. The number of carbonyl (C=O) groups is 1. The third kappa shape index (κ3) is 5.20. The average molecular weight is 298 g/mol. The molecule has 0 spiro atoms. The topological polar surface area (TPSA) is 74.5 Å². The molecule has 1 N–H and O–H groups in total. The van der Waals surface area contributed by atoms with E-state index < -0.39 is 5.97 Å². The molecule has 1 aromatic carbocycles. The second-order valence-corrected chi connectivity index (χ2v) is 4.55. The summed E-state index contributed by atoms with van der Waals surface area (Å²) in [6.45, 7) is 1.92. The maximum absolute atomic E-state index is 11.2. The molecule has 0 heterocycles. The number of anilines is 1. The fourth-order valence-corrected chi connectivity index (χ4v) is 1.90. The maximum Gasteiger partial charge on any atom is 0.370 e. The van der Waals surface area contributed by atoms with Gasteiger partial charge >= 0.3 is 5.97 Å². The van der Waals surface area contributed by atoms with E-state index >= 15 is 0 Å². The van der Waals surface area contributed by atoms with Crippen LogP contribution < -0.4 is 5.43 Å². The van der Waals surface area contributed by atoms with Crippen LogP contribution in [0.5, 0.6) is 0 Å². The Morgan fingerprint density at radius 2 is 2.32 bits per heavy atom. The van der Waals surface area contributed by atoms with Gasteiger partial charge in [-0.15, -0.1) is 11.8 Å². The summed E-state index contributed by atoms with van der Waals surface area (Å²) in [5.74, 6) is -0.354. The van der Waals surface area contributed by atoms with Gasteiger partial charge < -0.3 is 4.74 Å². The lowest BCUT2D eigenvalue weighted by Crippen LogP contribution is -2.13. The van der Waals surface area contributed by atoms with Gasteiger partial charge in [0.1, 0.15) is 0 Å². The Morgan fingerprint density at radius 1 is 1.58 bits per heavy atom. The predicted octanol–water partition coefficient (Wildman–Crippen LogP) is 2.83. The van der Waals surface area contributed by atoms with Gasteiger partial charge in [-0.2, -0.15) is 10.4 Å². The lowest BCUT2D eigenvalue weighted by Gasteiger charge is -2.06. The Hall–Kier alpha value is -1.71. The van der Waals surface area contributed by atoms with Crippen LogP contribution in [0.2, 0.25) is 0 Å². The number of nitrogens with one attached hydrogen (secondary N) is 1. The van der Waals surface area contributed by atoms with Crippen molar-refractivity contribution in [1.82, 2.24) is 0 Å². The van der Waals surface area contributed by atoms with Gasteiger partial charge in [-0.25, -0.2) is 4.79 Å². The van der Waals surface area contributed by atoms with E-state index in [1.807, 2.05) is 24.3 Å². The SMILES string of the molecule is CCOC(=O)C(Cl)=NNc1ccccc1SCC#N. The number of rotatable bonds is 6. The predicted molar refractivity (Wildman–Crippen MR) is 76.3 cm³/mol. The van der Waals surface area contributed by atoms with Crippen LogP contribution in [0.15, 0.2) is 34.3 Å². The fourth-order valence-electron chi connectivity index (χ4n) is 1.14. The molecule has 0 fully saturated rings. The molecule has 5 nitrogen and oxygen atoms in total. The first-order valence-corrected chi connectivity index (χ1v) is 6.80. The molecule has 0 bridgehead atoms. The lowest BCUT2D eigenvalue weighted by molar-refractivity contribution is -0.134. The van der Waals surface area contributed by atoms with Crippen LogP contribution in [0.25, 0.3) is 0 Å². The normalized spacial score (nSPS) is 10.7. The van der Waals surface area contributed by atoms with Crippen LogP contribution in [0.4, 0.5) is 5.69 Å². The monoisotopic (exact) mass is 297 g/mol. The highest BCUT2D eigenvalue weighted by Crippen LogP contribution is 2.26. The minimum Gasteiger partial charge on any atom is -0.461 e. The van der Waals surface area contributed by atoms with Crippen molar-refractivity contribution in [2.24, 2.45) is 5.10 Å². The first-order chi connectivity index (χ1) is 9.19. The molecule has 19 heavy (non-hydrogen) atoms. The molecule has 1 aromatic rings. The summed E-state index contributed by atoms with van der Waals surface area (Å²) in [4.78, 5) is 12.1. The Kier molecular flexibility index (Phi) is 6.79. The second kappa shape index (κ2) is 8.40. The number of esters is 1. The van der Waals surface area contributed by atoms with E-state index in [2.05, 4.69) is 10.5 Å². The number of hydrogen-bond donors (Lipinski definition) is 1. The molecule has 0 unspecified atom stereocenters. The van der Waals surface area contributed by atoms with Gasteiger partial charge in [0.25, 0.3) is 0 Å². The van der Waals surface area contributed by atoms with Crippen LogP contribution in [-0.2, 0) is 9.53 Å². The summed E-state index contributed by atoms with van der Waals surface area (Å²) in [6, 6.07) is 9.32.